The van der Waals surface area contributed by atoms with Crippen LogP contribution in [0.15, 0.2) is 53.9 Å². The Hall–Kier alpha value is -3.19. The summed E-state index contributed by atoms with van der Waals surface area (Å²) < 4.78 is 0. The van der Waals surface area contributed by atoms with E-state index in [0.717, 1.165) is 34.7 Å². The second kappa shape index (κ2) is 9.96. The van der Waals surface area contributed by atoms with E-state index in [0.29, 0.717) is 25.3 Å². The lowest BCUT2D eigenvalue weighted by molar-refractivity contribution is 0.102. The number of aromatic nitrogens is 1. The highest BCUT2D eigenvalue weighted by molar-refractivity contribution is 7.10. The monoisotopic (exact) mass is 448 g/mol. The van der Waals surface area contributed by atoms with Crippen molar-refractivity contribution in [1.82, 2.24) is 15.2 Å². The van der Waals surface area contributed by atoms with Crippen molar-refractivity contribution in [2.24, 2.45) is 0 Å². The number of likely N-dealkylation sites (tertiary alicyclic amines) is 1. The van der Waals surface area contributed by atoms with E-state index in [2.05, 4.69) is 46.8 Å². The summed E-state index contributed by atoms with van der Waals surface area (Å²) in [4.78, 5) is 31.4. The molecule has 2 aromatic carbocycles. The van der Waals surface area contributed by atoms with Crippen LogP contribution in [0.2, 0.25) is 0 Å². The number of thiazole rings is 1. The molecule has 2 heterocycles. The number of benzene rings is 2. The van der Waals surface area contributed by atoms with Gasteiger partial charge in [0.05, 0.1) is 5.01 Å². The van der Waals surface area contributed by atoms with Gasteiger partial charge in [-0.2, -0.15) is 0 Å². The van der Waals surface area contributed by atoms with Crippen molar-refractivity contribution < 1.29 is 9.59 Å². The molecule has 1 fully saturated rings. The Morgan fingerprint density at radius 3 is 2.53 bits per heavy atom. The first-order valence-electron chi connectivity index (χ1n) is 11.0. The largest absolute Gasteiger partial charge is 0.338 e. The van der Waals surface area contributed by atoms with Crippen LogP contribution in [0.25, 0.3) is 11.1 Å². The number of carbonyl (C=O) groups is 2. The molecule has 3 amide bonds. The Kier molecular flexibility index (Phi) is 6.85. The molecule has 0 atom stereocenters. The number of nitrogens with zero attached hydrogens (tertiary/aromatic N) is 2. The van der Waals surface area contributed by atoms with E-state index in [9.17, 15) is 9.59 Å². The van der Waals surface area contributed by atoms with Gasteiger partial charge >= 0.3 is 6.03 Å². The Balaban J connectivity index is 1.42. The average Bonchev–Trinajstić information content (AvgIpc) is 3.31. The van der Waals surface area contributed by atoms with E-state index in [1.165, 1.54) is 16.9 Å². The van der Waals surface area contributed by atoms with Gasteiger partial charge in [0.1, 0.15) is 5.69 Å². The van der Waals surface area contributed by atoms with Crippen molar-refractivity contribution in [3.05, 3.63) is 70.2 Å². The highest BCUT2D eigenvalue weighted by atomic mass is 32.1. The number of piperidine rings is 1. The van der Waals surface area contributed by atoms with Crippen LogP contribution < -0.4 is 10.6 Å². The molecule has 1 aliphatic rings. The van der Waals surface area contributed by atoms with Gasteiger partial charge in [0.15, 0.2) is 0 Å². The number of aryl methyl sites for hydroxylation is 1. The van der Waals surface area contributed by atoms with Gasteiger partial charge in [-0.05, 0) is 38.3 Å². The molecule has 32 heavy (non-hydrogen) atoms. The molecule has 166 valence electrons. The summed E-state index contributed by atoms with van der Waals surface area (Å²) in [5.41, 5.74) is 4.45. The number of rotatable bonds is 5. The smallest absolute Gasteiger partial charge is 0.317 e. The number of hydrogen-bond acceptors (Lipinski definition) is 4. The highest BCUT2D eigenvalue weighted by Crippen LogP contribution is 2.31. The minimum Gasteiger partial charge on any atom is -0.338 e. The number of para-hydroxylation sites is 1. The molecule has 0 aliphatic carbocycles. The number of hydrogen-bond donors (Lipinski definition) is 2. The maximum absolute atomic E-state index is 12.9. The van der Waals surface area contributed by atoms with Crippen molar-refractivity contribution >= 4 is 29.0 Å². The van der Waals surface area contributed by atoms with E-state index >= 15 is 0 Å². The predicted molar refractivity (Wildman–Crippen MR) is 129 cm³/mol. The second-order valence-corrected chi connectivity index (χ2v) is 8.92. The summed E-state index contributed by atoms with van der Waals surface area (Å²) in [6, 6.07) is 16.1. The number of urea groups is 1. The lowest BCUT2D eigenvalue weighted by Crippen LogP contribution is -2.44. The van der Waals surface area contributed by atoms with Crippen molar-refractivity contribution in [1.29, 1.82) is 0 Å². The molecule has 2 N–H and O–H groups in total. The van der Waals surface area contributed by atoms with Gasteiger partial charge in [0, 0.05) is 42.2 Å². The van der Waals surface area contributed by atoms with Gasteiger partial charge in [0.25, 0.3) is 5.91 Å². The number of amides is 3. The quantitative estimate of drug-likeness (QED) is 0.558. The Bertz CT molecular complexity index is 1090. The van der Waals surface area contributed by atoms with E-state index in [1.807, 2.05) is 41.5 Å². The highest BCUT2D eigenvalue weighted by Gasteiger charge is 2.26. The number of carbonyl (C=O) groups excluding carboxylic acids is 2. The van der Waals surface area contributed by atoms with Crippen LogP contribution >= 0.6 is 11.3 Å². The van der Waals surface area contributed by atoms with Gasteiger partial charge in [-0.1, -0.05) is 48.0 Å². The first-order chi connectivity index (χ1) is 15.5. The molecule has 0 spiro atoms. The molecule has 7 heteroatoms. The SMILES string of the molecule is CCNC(=O)N1CCC(c2nc(C(=O)Nc3ccccc3-c3ccc(C)cc3)cs2)CC1. The molecule has 0 unspecified atom stereocenters. The van der Waals surface area contributed by atoms with Gasteiger partial charge < -0.3 is 15.5 Å². The molecule has 0 radical (unpaired) electrons. The Morgan fingerprint density at radius 2 is 1.81 bits per heavy atom. The minimum atomic E-state index is -0.202. The van der Waals surface area contributed by atoms with Crippen molar-refractivity contribution in [3.63, 3.8) is 0 Å². The van der Waals surface area contributed by atoms with Crippen molar-refractivity contribution in [3.8, 4) is 11.1 Å². The van der Waals surface area contributed by atoms with Crippen LogP contribution in [0.1, 0.15) is 46.7 Å². The third-order valence-electron chi connectivity index (χ3n) is 5.75. The van der Waals surface area contributed by atoms with Crippen LogP contribution in [0.3, 0.4) is 0 Å². The van der Waals surface area contributed by atoms with Crippen molar-refractivity contribution in [2.45, 2.75) is 32.6 Å². The fraction of sp³-hybridized carbons (Fsp3) is 0.320. The van der Waals surface area contributed by atoms with Crippen LogP contribution in [0.4, 0.5) is 10.5 Å². The minimum absolute atomic E-state index is 0.00241. The van der Waals surface area contributed by atoms with E-state index in [-0.39, 0.29) is 17.9 Å². The van der Waals surface area contributed by atoms with E-state index in [4.69, 9.17) is 0 Å². The van der Waals surface area contributed by atoms with Crippen LogP contribution in [-0.2, 0) is 0 Å². The van der Waals surface area contributed by atoms with Crippen LogP contribution in [0.5, 0.6) is 0 Å². The molecule has 0 saturated carbocycles. The summed E-state index contributed by atoms with van der Waals surface area (Å²) >= 11 is 1.53. The van der Waals surface area contributed by atoms with E-state index < -0.39 is 0 Å². The van der Waals surface area contributed by atoms with Gasteiger partial charge in [-0.3, -0.25) is 4.79 Å². The summed E-state index contributed by atoms with van der Waals surface area (Å²) in [5, 5.41) is 8.69. The molecule has 0 bridgehead atoms. The fourth-order valence-electron chi connectivity index (χ4n) is 3.94. The Labute approximate surface area is 192 Å². The zero-order valence-corrected chi connectivity index (χ0v) is 19.2. The van der Waals surface area contributed by atoms with E-state index in [1.54, 1.807) is 0 Å². The zero-order valence-electron chi connectivity index (χ0n) is 18.4. The zero-order chi connectivity index (χ0) is 22.5. The molecule has 3 aromatic rings. The lowest BCUT2D eigenvalue weighted by atomic mass is 9.98. The summed E-state index contributed by atoms with van der Waals surface area (Å²) in [6.45, 7) is 6.03. The number of nitrogens with one attached hydrogen (secondary N) is 2. The maximum Gasteiger partial charge on any atom is 0.317 e. The fourth-order valence-corrected chi connectivity index (χ4v) is 4.91. The molecule has 1 aliphatic heterocycles. The van der Waals surface area contributed by atoms with Gasteiger partial charge in [0.2, 0.25) is 0 Å². The normalized spacial score (nSPS) is 14.2. The summed E-state index contributed by atoms with van der Waals surface area (Å²) in [7, 11) is 0. The summed E-state index contributed by atoms with van der Waals surface area (Å²) in [6.07, 6.45) is 1.73. The van der Waals surface area contributed by atoms with Crippen molar-refractivity contribution in [2.75, 3.05) is 25.0 Å². The first-order valence-corrected chi connectivity index (χ1v) is 11.9. The lowest BCUT2D eigenvalue weighted by Gasteiger charge is -2.31. The average molecular weight is 449 g/mol. The molecule has 6 nitrogen and oxygen atoms in total. The Morgan fingerprint density at radius 1 is 1.09 bits per heavy atom. The first kappa shape index (κ1) is 22.0. The molecular weight excluding hydrogens is 420 g/mol. The molecular formula is C25H28N4O2S. The second-order valence-electron chi connectivity index (χ2n) is 8.03. The van der Waals surface area contributed by atoms with Gasteiger partial charge in [-0.25, -0.2) is 9.78 Å². The summed E-state index contributed by atoms with van der Waals surface area (Å²) in [5.74, 6) is 0.0823. The third kappa shape index (κ3) is 4.99. The predicted octanol–water partition coefficient (Wildman–Crippen LogP) is 5.28. The van der Waals surface area contributed by atoms with Gasteiger partial charge in [-0.15, -0.1) is 11.3 Å². The number of anilines is 1. The molecule has 1 aromatic heterocycles. The standard InChI is InChI=1S/C25H28N4O2S/c1-3-26-25(31)29-14-12-19(13-15-29)24-28-22(16-32-24)23(30)27-21-7-5-4-6-20(21)18-10-8-17(2)9-11-18/h4-11,16,19H,3,12-15H2,1-2H3,(H,26,31)(H,27,30). The molecule has 4 rings (SSSR count). The van der Waals surface area contributed by atoms with Crippen LogP contribution in [0, 0.1) is 6.92 Å². The third-order valence-corrected chi connectivity index (χ3v) is 6.76. The molecule has 1 saturated heterocycles. The maximum atomic E-state index is 12.9. The van der Waals surface area contributed by atoms with Crippen LogP contribution in [-0.4, -0.2) is 41.5 Å². The topological polar surface area (TPSA) is 74.3 Å².